The smallest absolute Gasteiger partial charge is 0.306 e. The molecule has 156 valence electrons. The molecule has 0 aliphatic heterocycles. The molecule has 0 bridgehead atoms. The minimum absolute atomic E-state index is 0.0154. The number of alkyl halides is 1. The monoisotopic (exact) mass is 455 g/mol. The van der Waals surface area contributed by atoms with E-state index < -0.39 is 23.7 Å². The molecule has 1 aromatic carbocycles. The number of benzene rings is 1. The Balaban J connectivity index is 2.78. The van der Waals surface area contributed by atoms with E-state index in [4.69, 9.17) is 9.47 Å². The summed E-state index contributed by atoms with van der Waals surface area (Å²) in [6, 6.07) is 8.81. The lowest BCUT2D eigenvalue weighted by Gasteiger charge is -2.31. The van der Waals surface area contributed by atoms with Crippen LogP contribution in [0.4, 0.5) is 0 Å². The summed E-state index contributed by atoms with van der Waals surface area (Å²) in [6.07, 6.45) is -0.577. The molecular formula is C21H30BrNO5. The minimum Gasteiger partial charge on any atom is -0.460 e. The van der Waals surface area contributed by atoms with Gasteiger partial charge in [-0.15, -0.1) is 0 Å². The maximum Gasteiger partial charge on any atom is 0.306 e. The Labute approximate surface area is 175 Å². The summed E-state index contributed by atoms with van der Waals surface area (Å²) in [5, 5.41) is 0.102. The lowest BCUT2D eigenvalue weighted by Crippen LogP contribution is -2.50. The van der Waals surface area contributed by atoms with E-state index in [1.165, 1.54) is 4.90 Å². The number of ketones is 1. The van der Waals surface area contributed by atoms with Crippen molar-refractivity contribution in [1.29, 1.82) is 0 Å². The molecule has 1 amide bonds. The van der Waals surface area contributed by atoms with E-state index in [9.17, 15) is 14.4 Å². The number of hydrogen-bond donors (Lipinski definition) is 0. The quantitative estimate of drug-likeness (QED) is 0.398. The van der Waals surface area contributed by atoms with Gasteiger partial charge in [-0.3, -0.25) is 14.4 Å². The van der Waals surface area contributed by atoms with Gasteiger partial charge in [0.1, 0.15) is 11.6 Å². The number of halogens is 1. The molecule has 6 nitrogen and oxygen atoms in total. The highest BCUT2D eigenvalue weighted by atomic mass is 79.9. The van der Waals surface area contributed by atoms with Gasteiger partial charge >= 0.3 is 5.97 Å². The first-order valence-corrected chi connectivity index (χ1v) is 10.4. The van der Waals surface area contributed by atoms with Gasteiger partial charge in [-0.05, 0) is 33.3 Å². The standard InChI is InChI=1S/C21H30BrNO5/c1-15(27-14-16-9-7-6-8-10-16)20(23(5)18(25)13-22)17(24)11-12-19(26)28-21(2,3)4/h6-10,15,20H,11-14H2,1-5H3/t15-,20+/m1/s1. The SMILES string of the molecule is C[C@@H](OCc1ccccc1)[C@@H](C(=O)CCC(=O)OC(C)(C)C)N(C)C(=O)CBr. The lowest BCUT2D eigenvalue weighted by molar-refractivity contribution is -0.156. The van der Waals surface area contributed by atoms with Crippen LogP contribution in [0, 0.1) is 0 Å². The average Bonchev–Trinajstić information content (AvgIpc) is 2.63. The number of hydrogen-bond acceptors (Lipinski definition) is 5. The zero-order chi connectivity index (χ0) is 21.3. The van der Waals surface area contributed by atoms with E-state index in [0.717, 1.165) is 5.56 Å². The highest BCUT2D eigenvalue weighted by molar-refractivity contribution is 9.09. The van der Waals surface area contributed by atoms with Crippen molar-refractivity contribution in [3.05, 3.63) is 35.9 Å². The van der Waals surface area contributed by atoms with E-state index in [-0.39, 0.29) is 29.9 Å². The molecule has 28 heavy (non-hydrogen) atoms. The molecule has 0 aromatic heterocycles. The first-order chi connectivity index (χ1) is 13.0. The number of carbonyl (C=O) groups excluding carboxylic acids is 3. The molecule has 0 aliphatic carbocycles. The van der Waals surface area contributed by atoms with Crippen LogP contribution < -0.4 is 0 Å². The van der Waals surface area contributed by atoms with E-state index in [0.29, 0.717) is 6.61 Å². The fourth-order valence-corrected chi connectivity index (χ4v) is 3.10. The maximum atomic E-state index is 12.8. The highest BCUT2D eigenvalue weighted by Gasteiger charge is 2.32. The topological polar surface area (TPSA) is 72.9 Å². The van der Waals surface area contributed by atoms with Crippen LogP contribution in [0.25, 0.3) is 0 Å². The van der Waals surface area contributed by atoms with Gasteiger partial charge in [0.2, 0.25) is 5.91 Å². The average molecular weight is 456 g/mol. The zero-order valence-corrected chi connectivity index (χ0v) is 18.8. The van der Waals surface area contributed by atoms with Crippen molar-refractivity contribution in [2.24, 2.45) is 0 Å². The molecular weight excluding hydrogens is 426 g/mol. The molecule has 0 saturated heterocycles. The van der Waals surface area contributed by atoms with Crippen LogP contribution in [0.15, 0.2) is 30.3 Å². The fourth-order valence-electron chi connectivity index (χ4n) is 2.70. The Kier molecular flexibility index (Phi) is 9.82. The molecule has 0 radical (unpaired) electrons. The third kappa shape index (κ3) is 8.52. The second-order valence-electron chi connectivity index (χ2n) is 7.64. The number of carbonyl (C=O) groups is 3. The predicted octanol–water partition coefficient (Wildman–Crippen LogP) is 3.50. The summed E-state index contributed by atoms with van der Waals surface area (Å²) in [5.74, 6) is -0.902. The van der Waals surface area contributed by atoms with Crippen molar-refractivity contribution >= 4 is 33.6 Å². The molecule has 0 aliphatic rings. The lowest BCUT2D eigenvalue weighted by atomic mass is 10.0. The van der Waals surface area contributed by atoms with Gasteiger partial charge < -0.3 is 14.4 Å². The highest BCUT2D eigenvalue weighted by Crippen LogP contribution is 2.16. The third-order valence-corrected chi connectivity index (χ3v) is 4.53. The summed E-state index contributed by atoms with van der Waals surface area (Å²) in [7, 11) is 1.57. The number of nitrogens with zero attached hydrogens (tertiary/aromatic N) is 1. The normalized spacial score (nSPS) is 13.5. The van der Waals surface area contributed by atoms with Gasteiger partial charge in [0, 0.05) is 13.5 Å². The number of ether oxygens (including phenoxy) is 2. The van der Waals surface area contributed by atoms with Crippen LogP contribution in [0.1, 0.15) is 46.1 Å². The number of likely N-dealkylation sites (N-methyl/N-ethyl adjacent to an activating group) is 1. The van der Waals surface area contributed by atoms with Crippen LogP contribution in [0.5, 0.6) is 0 Å². The summed E-state index contributed by atoms with van der Waals surface area (Å²) in [5.41, 5.74) is 0.373. The number of Topliss-reactive ketones (excluding diaryl/α,β-unsaturated/α-hetero) is 1. The molecule has 2 atom stereocenters. The first kappa shape index (κ1) is 24.3. The molecule has 0 unspecified atom stereocenters. The van der Waals surface area contributed by atoms with Crippen LogP contribution in [-0.2, 0) is 30.5 Å². The molecule has 1 aromatic rings. The van der Waals surface area contributed by atoms with Gasteiger partial charge in [0.25, 0.3) is 0 Å². The molecule has 0 heterocycles. The van der Waals surface area contributed by atoms with E-state index >= 15 is 0 Å². The Morgan fingerprint density at radius 2 is 1.71 bits per heavy atom. The van der Waals surface area contributed by atoms with Gasteiger partial charge in [-0.2, -0.15) is 0 Å². The van der Waals surface area contributed by atoms with Crippen molar-refractivity contribution in [3.63, 3.8) is 0 Å². The number of rotatable bonds is 10. The summed E-state index contributed by atoms with van der Waals surface area (Å²) >= 11 is 3.14. The van der Waals surface area contributed by atoms with E-state index in [1.807, 2.05) is 30.3 Å². The van der Waals surface area contributed by atoms with Crippen molar-refractivity contribution in [3.8, 4) is 0 Å². The predicted molar refractivity (Wildman–Crippen MR) is 111 cm³/mol. The second-order valence-corrected chi connectivity index (χ2v) is 8.20. The zero-order valence-electron chi connectivity index (χ0n) is 17.2. The molecule has 0 N–H and O–H groups in total. The molecule has 7 heteroatoms. The Morgan fingerprint density at radius 1 is 1.11 bits per heavy atom. The minimum atomic E-state index is -0.781. The summed E-state index contributed by atoms with van der Waals surface area (Å²) in [6.45, 7) is 7.41. The van der Waals surface area contributed by atoms with E-state index in [2.05, 4.69) is 15.9 Å². The second kappa shape index (κ2) is 11.3. The molecule has 0 spiro atoms. The summed E-state index contributed by atoms with van der Waals surface area (Å²) < 4.78 is 11.1. The largest absolute Gasteiger partial charge is 0.460 e. The Hall–Kier alpha value is -1.73. The molecule has 0 saturated carbocycles. The van der Waals surface area contributed by atoms with Gasteiger partial charge in [0.15, 0.2) is 5.78 Å². The van der Waals surface area contributed by atoms with E-state index in [1.54, 1.807) is 34.7 Å². The van der Waals surface area contributed by atoms with Crippen LogP contribution >= 0.6 is 15.9 Å². The molecule has 1 rings (SSSR count). The van der Waals surface area contributed by atoms with Gasteiger partial charge in [-0.1, -0.05) is 46.3 Å². The maximum absolute atomic E-state index is 12.8. The first-order valence-electron chi connectivity index (χ1n) is 9.27. The number of esters is 1. The third-order valence-electron chi connectivity index (χ3n) is 4.05. The fraction of sp³-hybridized carbons (Fsp3) is 0.571. The van der Waals surface area contributed by atoms with Gasteiger partial charge in [0.05, 0.1) is 24.5 Å². The van der Waals surface area contributed by atoms with Crippen LogP contribution in [0.3, 0.4) is 0 Å². The van der Waals surface area contributed by atoms with Crippen molar-refractivity contribution in [2.45, 2.75) is 64.9 Å². The van der Waals surface area contributed by atoms with Crippen LogP contribution in [0.2, 0.25) is 0 Å². The van der Waals surface area contributed by atoms with Crippen molar-refractivity contribution in [1.82, 2.24) is 4.90 Å². The molecule has 0 fully saturated rings. The number of amides is 1. The van der Waals surface area contributed by atoms with Crippen molar-refractivity contribution < 1.29 is 23.9 Å². The van der Waals surface area contributed by atoms with Crippen molar-refractivity contribution in [2.75, 3.05) is 12.4 Å². The Bertz CT molecular complexity index is 657. The van der Waals surface area contributed by atoms with Gasteiger partial charge in [-0.25, -0.2) is 0 Å². The van der Waals surface area contributed by atoms with Crippen LogP contribution in [-0.4, -0.2) is 52.7 Å². The Morgan fingerprint density at radius 3 is 2.25 bits per heavy atom. The summed E-state index contributed by atoms with van der Waals surface area (Å²) in [4.78, 5) is 38.3.